The number of carbonyl (C=O) groups excluding carboxylic acids is 1. The van der Waals surface area contributed by atoms with Crippen molar-refractivity contribution in [3.63, 3.8) is 0 Å². The first kappa shape index (κ1) is 24.4. The van der Waals surface area contributed by atoms with E-state index in [1.54, 1.807) is 41.8 Å². The van der Waals surface area contributed by atoms with E-state index < -0.39 is 6.04 Å². The van der Waals surface area contributed by atoms with Crippen LogP contribution in [0.4, 0.5) is 10.1 Å². The summed E-state index contributed by atoms with van der Waals surface area (Å²) in [6, 6.07) is 21.8. The summed E-state index contributed by atoms with van der Waals surface area (Å²) in [6.07, 6.45) is 1.71. The van der Waals surface area contributed by atoms with Gasteiger partial charge in [0.1, 0.15) is 11.6 Å². The van der Waals surface area contributed by atoms with Gasteiger partial charge in [-0.2, -0.15) is 0 Å². The highest BCUT2D eigenvalue weighted by atomic mass is 32.1. The minimum Gasteiger partial charge on any atom is -0.494 e. The van der Waals surface area contributed by atoms with Crippen LogP contribution in [0.5, 0.6) is 5.75 Å². The summed E-state index contributed by atoms with van der Waals surface area (Å²) in [4.78, 5) is 32.4. The van der Waals surface area contributed by atoms with E-state index in [2.05, 4.69) is 10.3 Å². The molecule has 37 heavy (non-hydrogen) atoms. The Bertz CT molecular complexity index is 1650. The van der Waals surface area contributed by atoms with Crippen LogP contribution in [-0.4, -0.2) is 17.1 Å². The van der Waals surface area contributed by atoms with Crippen LogP contribution in [0.25, 0.3) is 6.08 Å². The summed E-state index contributed by atoms with van der Waals surface area (Å²) in [6.45, 7) is 4.21. The predicted octanol–water partition coefficient (Wildman–Crippen LogP) is 4.41. The van der Waals surface area contributed by atoms with Crippen molar-refractivity contribution < 1.29 is 13.9 Å². The molecule has 0 bridgehead atoms. The van der Waals surface area contributed by atoms with Crippen molar-refractivity contribution in [2.24, 2.45) is 4.99 Å². The van der Waals surface area contributed by atoms with E-state index >= 15 is 0 Å². The van der Waals surface area contributed by atoms with Crippen LogP contribution in [0, 0.1) is 5.82 Å². The zero-order chi connectivity index (χ0) is 25.9. The number of hydrogen-bond acceptors (Lipinski definition) is 5. The van der Waals surface area contributed by atoms with Gasteiger partial charge in [-0.1, -0.05) is 53.8 Å². The fraction of sp³-hybridized carbons (Fsp3) is 0.138. The number of hydrogen-bond donors (Lipinski definition) is 1. The van der Waals surface area contributed by atoms with E-state index in [-0.39, 0.29) is 17.3 Å². The molecule has 0 saturated heterocycles. The highest BCUT2D eigenvalue weighted by Gasteiger charge is 2.32. The van der Waals surface area contributed by atoms with Crippen molar-refractivity contribution in [2.45, 2.75) is 19.9 Å². The maximum absolute atomic E-state index is 13.7. The summed E-state index contributed by atoms with van der Waals surface area (Å²) >= 11 is 1.24. The largest absolute Gasteiger partial charge is 0.494 e. The maximum Gasteiger partial charge on any atom is 0.271 e. The van der Waals surface area contributed by atoms with Gasteiger partial charge in [0, 0.05) is 5.69 Å². The molecule has 1 amide bonds. The Morgan fingerprint density at radius 3 is 2.46 bits per heavy atom. The molecule has 0 spiro atoms. The molecule has 6 nitrogen and oxygen atoms in total. The molecule has 2 heterocycles. The Balaban J connectivity index is 1.65. The lowest BCUT2D eigenvalue weighted by molar-refractivity contribution is -0.113. The quantitative estimate of drug-likeness (QED) is 0.415. The van der Waals surface area contributed by atoms with Crippen LogP contribution in [0.1, 0.15) is 31.0 Å². The van der Waals surface area contributed by atoms with Gasteiger partial charge in [-0.15, -0.1) is 0 Å². The zero-order valence-electron chi connectivity index (χ0n) is 20.3. The first-order valence-corrected chi connectivity index (χ1v) is 12.6. The van der Waals surface area contributed by atoms with Gasteiger partial charge in [-0.3, -0.25) is 14.2 Å². The highest BCUT2D eigenvalue weighted by Crippen LogP contribution is 2.31. The van der Waals surface area contributed by atoms with Gasteiger partial charge in [0.25, 0.3) is 11.5 Å². The Kier molecular flexibility index (Phi) is 6.83. The SMILES string of the molecule is CCOc1ccc([C@@H]2C(C(=O)Nc3ccccc3)=C(C)N=c3s/c(=C\c4ccc(F)cc4)c(=O)n32)cc1. The topological polar surface area (TPSA) is 72.7 Å². The Morgan fingerprint density at radius 1 is 1.08 bits per heavy atom. The lowest BCUT2D eigenvalue weighted by Gasteiger charge is -2.25. The van der Waals surface area contributed by atoms with Crippen molar-refractivity contribution in [1.82, 2.24) is 4.57 Å². The smallest absolute Gasteiger partial charge is 0.271 e. The molecule has 0 radical (unpaired) electrons. The lowest BCUT2D eigenvalue weighted by Crippen LogP contribution is -2.40. The fourth-order valence-electron chi connectivity index (χ4n) is 4.27. The van der Waals surface area contributed by atoms with E-state index in [1.807, 2.05) is 49.4 Å². The number of allylic oxidation sites excluding steroid dienone is 1. The molecule has 0 unspecified atom stereocenters. The number of nitrogens with one attached hydrogen (secondary N) is 1. The number of thiazole rings is 1. The molecule has 8 heteroatoms. The third-order valence-electron chi connectivity index (χ3n) is 5.97. The molecule has 1 N–H and O–H groups in total. The highest BCUT2D eigenvalue weighted by molar-refractivity contribution is 7.07. The maximum atomic E-state index is 13.7. The second-order valence-electron chi connectivity index (χ2n) is 8.46. The van der Waals surface area contributed by atoms with Crippen molar-refractivity contribution in [3.05, 3.63) is 127 Å². The number of halogens is 1. The molecule has 5 rings (SSSR count). The average molecular weight is 514 g/mol. The molecular formula is C29H24FN3O3S. The molecular weight excluding hydrogens is 489 g/mol. The van der Waals surface area contributed by atoms with Gasteiger partial charge < -0.3 is 10.1 Å². The van der Waals surface area contributed by atoms with E-state index in [4.69, 9.17) is 4.74 Å². The second kappa shape index (κ2) is 10.4. The second-order valence-corrected chi connectivity index (χ2v) is 9.46. The van der Waals surface area contributed by atoms with Gasteiger partial charge in [0.05, 0.1) is 28.5 Å². The van der Waals surface area contributed by atoms with Crippen molar-refractivity contribution >= 4 is 29.0 Å². The number of benzene rings is 3. The number of ether oxygens (including phenoxy) is 1. The van der Waals surface area contributed by atoms with Crippen LogP contribution in [0.2, 0.25) is 0 Å². The van der Waals surface area contributed by atoms with E-state index in [1.165, 1.54) is 23.5 Å². The monoisotopic (exact) mass is 513 g/mol. The van der Waals surface area contributed by atoms with Crippen molar-refractivity contribution in [3.8, 4) is 5.75 Å². The zero-order valence-corrected chi connectivity index (χ0v) is 21.1. The fourth-order valence-corrected chi connectivity index (χ4v) is 5.32. The summed E-state index contributed by atoms with van der Waals surface area (Å²) < 4.78 is 21.0. The molecule has 1 aliphatic heterocycles. The number of nitrogens with zero attached hydrogens (tertiary/aromatic N) is 2. The first-order chi connectivity index (χ1) is 17.9. The number of rotatable bonds is 6. The molecule has 0 saturated carbocycles. The van der Waals surface area contributed by atoms with E-state index in [0.717, 1.165) is 5.56 Å². The van der Waals surface area contributed by atoms with Crippen LogP contribution < -0.4 is 24.9 Å². The number of fused-ring (bicyclic) bond motifs is 1. The standard InChI is InChI=1S/C29H24FN3O3S/c1-3-36-23-15-11-20(12-16-23)26-25(27(34)32-22-7-5-4-6-8-22)18(2)31-29-33(26)28(35)24(37-29)17-19-9-13-21(30)14-10-19/h4-17,26H,3H2,1-2H3,(H,32,34)/b24-17-/t26-/m1/s1. The van der Waals surface area contributed by atoms with Crippen LogP contribution in [0.3, 0.4) is 0 Å². The molecule has 0 aliphatic carbocycles. The predicted molar refractivity (Wildman–Crippen MR) is 143 cm³/mol. The molecule has 0 fully saturated rings. The van der Waals surface area contributed by atoms with Crippen molar-refractivity contribution in [2.75, 3.05) is 11.9 Å². The van der Waals surface area contributed by atoms with Gasteiger partial charge in [0.15, 0.2) is 4.80 Å². The number of anilines is 1. The number of carbonyl (C=O) groups is 1. The van der Waals surface area contributed by atoms with Gasteiger partial charge in [-0.25, -0.2) is 9.38 Å². The molecule has 186 valence electrons. The molecule has 1 aromatic heterocycles. The minimum atomic E-state index is -0.689. The minimum absolute atomic E-state index is 0.274. The summed E-state index contributed by atoms with van der Waals surface area (Å²) in [7, 11) is 0. The van der Waals surface area contributed by atoms with Gasteiger partial charge in [-0.05, 0) is 67.4 Å². The normalized spacial score (nSPS) is 15.2. The van der Waals surface area contributed by atoms with Crippen LogP contribution in [-0.2, 0) is 4.79 Å². The molecule has 1 atom stereocenters. The Hall–Kier alpha value is -4.30. The van der Waals surface area contributed by atoms with Crippen molar-refractivity contribution in [1.29, 1.82) is 0 Å². The van der Waals surface area contributed by atoms with Gasteiger partial charge >= 0.3 is 0 Å². The van der Waals surface area contributed by atoms with E-state index in [0.29, 0.717) is 44.2 Å². The molecule has 1 aliphatic rings. The lowest BCUT2D eigenvalue weighted by atomic mass is 9.95. The average Bonchev–Trinajstić information content (AvgIpc) is 3.20. The Labute approximate surface area is 216 Å². The van der Waals surface area contributed by atoms with Crippen LogP contribution in [0.15, 0.2) is 99.9 Å². The van der Waals surface area contributed by atoms with Crippen LogP contribution >= 0.6 is 11.3 Å². The number of para-hydroxylation sites is 1. The third-order valence-corrected chi connectivity index (χ3v) is 6.96. The first-order valence-electron chi connectivity index (χ1n) is 11.8. The molecule has 3 aromatic carbocycles. The summed E-state index contributed by atoms with van der Waals surface area (Å²) in [5.41, 5.74) is 2.74. The van der Waals surface area contributed by atoms with E-state index in [9.17, 15) is 14.0 Å². The summed E-state index contributed by atoms with van der Waals surface area (Å²) in [5, 5.41) is 2.94. The van der Waals surface area contributed by atoms with Gasteiger partial charge in [0.2, 0.25) is 0 Å². The Morgan fingerprint density at radius 2 is 1.78 bits per heavy atom. The number of amides is 1. The summed E-state index contributed by atoms with van der Waals surface area (Å²) in [5.74, 6) is 0.0175. The number of aromatic nitrogens is 1. The third kappa shape index (κ3) is 5.01. The molecule has 4 aromatic rings.